The third-order valence-electron chi connectivity index (χ3n) is 3.17. The van der Waals surface area contributed by atoms with Crippen LogP contribution in [-0.2, 0) is 0 Å². The molecule has 5 atom stereocenters. The number of hydrogen-bond donors (Lipinski definition) is 0. The maximum absolute atomic E-state index is 3.74. The number of hydrogen-bond acceptors (Lipinski definition) is 0. The van der Waals surface area contributed by atoms with Gasteiger partial charge in [-0.3, -0.25) is 0 Å². The van der Waals surface area contributed by atoms with E-state index < -0.39 is 0 Å². The molecule has 1 rings (SSSR count). The van der Waals surface area contributed by atoms with E-state index in [1.54, 1.807) is 0 Å². The third-order valence-corrected chi connectivity index (χ3v) is 6.30. The van der Waals surface area contributed by atoms with Crippen molar-refractivity contribution in [3.63, 3.8) is 0 Å². The summed E-state index contributed by atoms with van der Waals surface area (Å²) < 4.78 is 0. The molecule has 0 N–H and O–H groups in total. The zero-order chi connectivity index (χ0) is 8.59. The maximum Gasteiger partial charge on any atom is 0.0299 e. The van der Waals surface area contributed by atoms with Gasteiger partial charge in [0, 0.05) is 9.65 Å². The van der Waals surface area contributed by atoms with Crippen LogP contribution in [0.3, 0.4) is 0 Å². The molecule has 1 fully saturated rings. The minimum Gasteiger partial charge on any atom is -0.0878 e. The Morgan fingerprint density at radius 2 is 1.55 bits per heavy atom. The number of halogens is 2. The van der Waals surface area contributed by atoms with Crippen LogP contribution < -0.4 is 0 Å². The minimum absolute atomic E-state index is 0.661. The molecule has 1 aliphatic carbocycles. The molecule has 0 aliphatic heterocycles. The van der Waals surface area contributed by atoms with Crippen molar-refractivity contribution in [1.82, 2.24) is 0 Å². The van der Waals surface area contributed by atoms with Crippen molar-refractivity contribution in [2.45, 2.75) is 36.8 Å². The quantitative estimate of drug-likeness (QED) is 0.593. The molecule has 0 unspecified atom stereocenters. The fraction of sp³-hybridized carbons (Fsp3) is 1.00. The van der Waals surface area contributed by atoms with Crippen LogP contribution >= 0.6 is 31.9 Å². The van der Waals surface area contributed by atoms with Gasteiger partial charge >= 0.3 is 0 Å². The van der Waals surface area contributed by atoms with E-state index in [4.69, 9.17) is 0 Å². The summed E-state index contributed by atoms with van der Waals surface area (Å²) in [6.07, 6.45) is 1.31. The third kappa shape index (κ3) is 2.00. The Kier molecular flexibility index (Phi) is 3.45. The second-order valence-electron chi connectivity index (χ2n) is 3.89. The Morgan fingerprint density at radius 3 is 2.09 bits per heavy atom. The molecule has 0 bridgehead atoms. The van der Waals surface area contributed by atoms with Gasteiger partial charge in [0.25, 0.3) is 0 Å². The molecule has 0 nitrogen and oxygen atoms in total. The molecule has 0 radical (unpaired) electrons. The first-order chi connectivity index (χ1) is 5.04. The molecule has 0 aromatic heterocycles. The van der Waals surface area contributed by atoms with Crippen LogP contribution in [0.4, 0.5) is 0 Å². The topological polar surface area (TPSA) is 0 Å². The van der Waals surface area contributed by atoms with Gasteiger partial charge in [-0.2, -0.15) is 0 Å². The Balaban J connectivity index is 2.63. The maximum atomic E-state index is 3.74. The predicted octanol–water partition coefficient (Wildman–Crippen LogP) is 3.83. The fourth-order valence-electron chi connectivity index (χ4n) is 1.84. The highest BCUT2D eigenvalue weighted by Crippen LogP contribution is 2.41. The lowest BCUT2D eigenvalue weighted by atomic mass is 9.75. The van der Waals surface area contributed by atoms with Crippen LogP contribution in [0.1, 0.15) is 27.2 Å². The van der Waals surface area contributed by atoms with Crippen molar-refractivity contribution in [1.29, 1.82) is 0 Å². The highest BCUT2D eigenvalue weighted by molar-refractivity contribution is 9.12. The second-order valence-corrected chi connectivity index (χ2v) is 6.13. The lowest BCUT2D eigenvalue weighted by Gasteiger charge is -2.39. The molecule has 11 heavy (non-hydrogen) atoms. The van der Waals surface area contributed by atoms with Crippen molar-refractivity contribution in [3.05, 3.63) is 0 Å². The molecule has 1 saturated carbocycles. The molecule has 66 valence electrons. The molecule has 0 spiro atoms. The molecule has 0 aromatic rings. The van der Waals surface area contributed by atoms with E-state index in [9.17, 15) is 0 Å². The molecular weight excluding hydrogens is 268 g/mol. The van der Waals surface area contributed by atoms with Crippen molar-refractivity contribution in [2.75, 3.05) is 0 Å². The summed E-state index contributed by atoms with van der Waals surface area (Å²) in [4.78, 5) is 1.33. The fourth-order valence-corrected chi connectivity index (χ4v) is 3.61. The van der Waals surface area contributed by atoms with E-state index >= 15 is 0 Å². The van der Waals surface area contributed by atoms with Crippen molar-refractivity contribution >= 4 is 31.9 Å². The normalized spacial score (nSPS) is 52.6. The predicted molar refractivity (Wildman–Crippen MR) is 57.5 cm³/mol. The highest BCUT2D eigenvalue weighted by atomic mass is 79.9. The van der Waals surface area contributed by atoms with E-state index in [0.717, 1.165) is 17.8 Å². The molecule has 0 saturated heterocycles. The molecule has 0 aromatic carbocycles. The summed E-state index contributed by atoms with van der Waals surface area (Å²) in [5.41, 5.74) is 0. The van der Waals surface area contributed by atoms with Gasteiger partial charge in [-0.15, -0.1) is 0 Å². The standard InChI is InChI=1S/C9H16Br2/c1-5-4-8(10)9(11)7(3)6(5)2/h5-9H,4H2,1-3H3/t5-,6+,7+,8-,9+/m0/s1. The molecule has 0 amide bonds. The van der Waals surface area contributed by atoms with Crippen LogP contribution in [-0.4, -0.2) is 9.65 Å². The summed E-state index contributed by atoms with van der Waals surface area (Å²) in [7, 11) is 0. The number of alkyl halides is 2. The Labute approximate surface area is 86.4 Å². The second kappa shape index (κ2) is 3.78. The first-order valence-electron chi connectivity index (χ1n) is 4.32. The van der Waals surface area contributed by atoms with Crippen LogP contribution in [0.2, 0.25) is 0 Å². The van der Waals surface area contributed by atoms with Gasteiger partial charge in [0.15, 0.2) is 0 Å². The van der Waals surface area contributed by atoms with E-state index in [-0.39, 0.29) is 0 Å². The van der Waals surface area contributed by atoms with Gasteiger partial charge in [0.1, 0.15) is 0 Å². The average Bonchev–Trinajstić information content (AvgIpc) is 1.97. The summed E-state index contributed by atoms with van der Waals surface area (Å²) >= 11 is 7.46. The van der Waals surface area contributed by atoms with Gasteiger partial charge in [-0.25, -0.2) is 0 Å². The van der Waals surface area contributed by atoms with Crippen LogP contribution in [0.15, 0.2) is 0 Å². The van der Waals surface area contributed by atoms with Crippen molar-refractivity contribution in [2.24, 2.45) is 17.8 Å². The Bertz CT molecular complexity index is 122. The Hall–Kier alpha value is 0.960. The molecular formula is C9H16Br2. The highest BCUT2D eigenvalue weighted by Gasteiger charge is 2.35. The first-order valence-corrected chi connectivity index (χ1v) is 6.15. The van der Waals surface area contributed by atoms with Gasteiger partial charge in [0.05, 0.1) is 0 Å². The first kappa shape index (κ1) is 10.0. The van der Waals surface area contributed by atoms with E-state index in [0.29, 0.717) is 9.65 Å². The minimum atomic E-state index is 0.661. The van der Waals surface area contributed by atoms with Gasteiger partial charge in [-0.05, 0) is 24.2 Å². The molecule has 2 heteroatoms. The SMILES string of the molecule is C[C@@H]1[C@H](C)[C@@H](C)C[C@H](Br)[C@@H]1Br. The smallest absolute Gasteiger partial charge is 0.0299 e. The van der Waals surface area contributed by atoms with E-state index in [2.05, 4.69) is 52.6 Å². The van der Waals surface area contributed by atoms with E-state index in [1.807, 2.05) is 0 Å². The van der Waals surface area contributed by atoms with E-state index in [1.165, 1.54) is 6.42 Å². The van der Waals surface area contributed by atoms with Crippen LogP contribution in [0.5, 0.6) is 0 Å². The molecule has 1 aliphatic rings. The van der Waals surface area contributed by atoms with Crippen molar-refractivity contribution < 1.29 is 0 Å². The summed E-state index contributed by atoms with van der Waals surface area (Å²) in [5, 5.41) is 0. The van der Waals surface area contributed by atoms with Crippen molar-refractivity contribution in [3.8, 4) is 0 Å². The van der Waals surface area contributed by atoms with Gasteiger partial charge < -0.3 is 0 Å². The zero-order valence-electron chi connectivity index (χ0n) is 7.35. The summed E-state index contributed by atoms with van der Waals surface area (Å²) in [6, 6.07) is 0. The summed E-state index contributed by atoms with van der Waals surface area (Å²) in [6.45, 7) is 7.06. The number of rotatable bonds is 0. The summed E-state index contributed by atoms with van der Waals surface area (Å²) in [5.74, 6) is 2.51. The monoisotopic (exact) mass is 282 g/mol. The van der Waals surface area contributed by atoms with Gasteiger partial charge in [-0.1, -0.05) is 52.6 Å². The van der Waals surface area contributed by atoms with Crippen LogP contribution in [0.25, 0.3) is 0 Å². The average molecular weight is 284 g/mol. The molecule has 0 heterocycles. The Morgan fingerprint density at radius 1 is 1.00 bits per heavy atom. The lowest BCUT2D eigenvalue weighted by molar-refractivity contribution is 0.215. The zero-order valence-corrected chi connectivity index (χ0v) is 10.5. The van der Waals surface area contributed by atoms with Crippen LogP contribution in [0, 0.1) is 17.8 Å². The van der Waals surface area contributed by atoms with Gasteiger partial charge in [0.2, 0.25) is 0 Å². The largest absolute Gasteiger partial charge is 0.0878 e. The lowest BCUT2D eigenvalue weighted by Crippen LogP contribution is -2.37.